The number of cyclic esters (lactones) is 1. The van der Waals surface area contributed by atoms with E-state index in [2.05, 4.69) is 38.0 Å². The van der Waals surface area contributed by atoms with Gasteiger partial charge in [-0.1, -0.05) is 27.7 Å². The maximum Gasteiger partial charge on any atom is 0.329 e. The predicted octanol–water partition coefficient (Wildman–Crippen LogP) is 3.09. The standard InChI is InChI=1S/C24H38N2O7/c1-14(2)12-31-19-9-7-8-17(24(29)33-16(5)22(19)32-13-15(3)4)26-23(28)20-21(27)18(30-6)10-11-25-20/h10-11,14-17,19,22,27H,7-9,12-13H2,1-6H3,(H,26,28)/t16-,17-,19-,22-/m0/s1. The maximum atomic E-state index is 12.9. The molecule has 1 saturated heterocycles. The normalized spacial score (nSPS) is 24.1. The first-order valence-electron chi connectivity index (χ1n) is 11.6. The van der Waals surface area contributed by atoms with Crippen molar-refractivity contribution in [1.82, 2.24) is 10.3 Å². The van der Waals surface area contributed by atoms with Crippen molar-refractivity contribution >= 4 is 11.9 Å². The third kappa shape index (κ3) is 7.85. The number of carbonyl (C=O) groups is 2. The number of aromatic nitrogens is 1. The van der Waals surface area contributed by atoms with Crippen molar-refractivity contribution in [3.05, 3.63) is 18.0 Å². The van der Waals surface area contributed by atoms with E-state index < -0.39 is 30.1 Å². The van der Waals surface area contributed by atoms with Gasteiger partial charge in [-0.25, -0.2) is 9.78 Å². The van der Waals surface area contributed by atoms with Crippen LogP contribution in [0.2, 0.25) is 0 Å². The molecule has 2 heterocycles. The second-order valence-electron chi connectivity index (χ2n) is 9.27. The highest BCUT2D eigenvalue weighted by atomic mass is 16.6. The van der Waals surface area contributed by atoms with Crippen LogP contribution in [0.5, 0.6) is 11.5 Å². The van der Waals surface area contributed by atoms with Gasteiger partial charge in [0.15, 0.2) is 17.2 Å². The molecule has 9 nitrogen and oxygen atoms in total. The van der Waals surface area contributed by atoms with Gasteiger partial charge in [-0.2, -0.15) is 0 Å². The summed E-state index contributed by atoms with van der Waals surface area (Å²) < 4.78 is 23.0. The zero-order valence-corrected chi connectivity index (χ0v) is 20.5. The molecule has 186 valence electrons. The summed E-state index contributed by atoms with van der Waals surface area (Å²) in [5.41, 5.74) is -0.216. The third-order valence-corrected chi connectivity index (χ3v) is 5.29. The Morgan fingerprint density at radius 2 is 1.88 bits per heavy atom. The van der Waals surface area contributed by atoms with Gasteiger partial charge in [0.1, 0.15) is 18.2 Å². The number of hydrogen-bond acceptors (Lipinski definition) is 8. The minimum absolute atomic E-state index is 0.121. The molecule has 2 N–H and O–H groups in total. The van der Waals surface area contributed by atoms with Crippen LogP contribution in [-0.4, -0.2) is 66.6 Å². The number of rotatable bonds is 9. The monoisotopic (exact) mass is 466 g/mol. The lowest BCUT2D eigenvalue weighted by Crippen LogP contribution is -2.46. The fraction of sp³-hybridized carbons (Fsp3) is 0.708. The quantitative estimate of drug-likeness (QED) is 0.534. The van der Waals surface area contributed by atoms with Crippen LogP contribution in [0.1, 0.15) is 64.4 Å². The average molecular weight is 467 g/mol. The Hall–Kier alpha value is -2.39. The number of nitrogens with zero attached hydrogens (tertiary/aromatic N) is 1. The number of pyridine rings is 1. The van der Waals surface area contributed by atoms with Gasteiger partial charge < -0.3 is 29.4 Å². The highest BCUT2D eigenvalue weighted by Crippen LogP contribution is 2.28. The molecule has 1 aromatic heterocycles. The molecule has 1 aliphatic rings. The Morgan fingerprint density at radius 3 is 2.52 bits per heavy atom. The first-order chi connectivity index (χ1) is 15.6. The van der Waals surface area contributed by atoms with Crippen LogP contribution in [-0.2, 0) is 19.0 Å². The summed E-state index contributed by atoms with van der Waals surface area (Å²) >= 11 is 0. The predicted molar refractivity (Wildman–Crippen MR) is 122 cm³/mol. The number of hydrogen-bond donors (Lipinski definition) is 2. The van der Waals surface area contributed by atoms with Gasteiger partial charge in [0, 0.05) is 25.5 Å². The molecule has 33 heavy (non-hydrogen) atoms. The largest absolute Gasteiger partial charge is 0.503 e. The first-order valence-corrected chi connectivity index (χ1v) is 11.6. The fourth-order valence-electron chi connectivity index (χ4n) is 3.61. The van der Waals surface area contributed by atoms with Crippen LogP contribution in [0.3, 0.4) is 0 Å². The van der Waals surface area contributed by atoms with E-state index in [1.54, 1.807) is 6.92 Å². The summed E-state index contributed by atoms with van der Waals surface area (Å²) in [5, 5.41) is 12.9. The van der Waals surface area contributed by atoms with E-state index in [0.29, 0.717) is 44.3 Å². The minimum atomic E-state index is -0.887. The zero-order valence-electron chi connectivity index (χ0n) is 20.5. The van der Waals surface area contributed by atoms with Gasteiger partial charge >= 0.3 is 5.97 Å². The van der Waals surface area contributed by atoms with E-state index in [1.165, 1.54) is 19.4 Å². The lowest BCUT2D eigenvalue weighted by molar-refractivity contribution is -0.169. The molecule has 2 rings (SSSR count). The van der Waals surface area contributed by atoms with Crippen LogP contribution in [0.25, 0.3) is 0 Å². The SMILES string of the molecule is COc1ccnc(C(=O)N[C@H]2CCC[C@H](OCC(C)C)[C@@H](OCC(C)C)[C@H](C)OC2=O)c1O. The number of carbonyl (C=O) groups excluding carboxylic acids is 2. The van der Waals surface area contributed by atoms with Gasteiger partial charge in [0.05, 0.1) is 13.2 Å². The molecular formula is C24H38N2O7. The Bertz CT molecular complexity index is 784. The average Bonchev–Trinajstić information content (AvgIpc) is 2.80. The summed E-state index contributed by atoms with van der Waals surface area (Å²) in [5.74, 6) is -0.818. The van der Waals surface area contributed by atoms with Crippen LogP contribution in [0, 0.1) is 11.8 Å². The molecule has 0 bridgehead atoms. The molecule has 9 heteroatoms. The van der Waals surface area contributed by atoms with E-state index in [1.807, 2.05) is 0 Å². The second-order valence-corrected chi connectivity index (χ2v) is 9.27. The van der Waals surface area contributed by atoms with Gasteiger partial charge in [0.2, 0.25) is 0 Å². The van der Waals surface area contributed by atoms with E-state index in [9.17, 15) is 14.7 Å². The van der Waals surface area contributed by atoms with Crippen molar-refractivity contribution in [2.24, 2.45) is 11.8 Å². The molecule has 0 radical (unpaired) electrons. The number of ether oxygens (including phenoxy) is 4. The molecule has 1 fully saturated rings. The number of methoxy groups -OCH3 is 1. The van der Waals surface area contributed by atoms with E-state index >= 15 is 0 Å². The molecule has 0 spiro atoms. The smallest absolute Gasteiger partial charge is 0.329 e. The zero-order chi connectivity index (χ0) is 24.5. The lowest BCUT2D eigenvalue weighted by atomic mass is 10.0. The molecule has 1 aromatic rings. The van der Waals surface area contributed by atoms with Crippen molar-refractivity contribution < 1.29 is 33.6 Å². The molecule has 0 saturated carbocycles. The van der Waals surface area contributed by atoms with Crippen LogP contribution < -0.4 is 10.1 Å². The maximum absolute atomic E-state index is 12.9. The Morgan fingerprint density at radius 1 is 1.21 bits per heavy atom. The topological polar surface area (TPSA) is 116 Å². The van der Waals surface area contributed by atoms with E-state index in [-0.39, 0.29) is 23.3 Å². The van der Waals surface area contributed by atoms with E-state index in [0.717, 1.165) is 0 Å². The highest BCUT2D eigenvalue weighted by molar-refractivity contribution is 5.97. The van der Waals surface area contributed by atoms with Crippen molar-refractivity contribution in [2.45, 2.75) is 78.2 Å². The molecule has 0 aromatic carbocycles. The van der Waals surface area contributed by atoms with Crippen molar-refractivity contribution in [1.29, 1.82) is 0 Å². The summed E-state index contributed by atoms with van der Waals surface area (Å²) in [6, 6.07) is 0.554. The van der Waals surface area contributed by atoms with Crippen LogP contribution in [0.4, 0.5) is 0 Å². The number of esters is 1. The molecular weight excluding hydrogens is 428 g/mol. The van der Waals surface area contributed by atoms with E-state index in [4.69, 9.17) is 18.9 Å². The third-order valence-electron chi connectivity index (χ3n) is 5.29. The van der Waals surface area contributed by atoms with Gasteiger partial charge in [-0.05, 0) is 38.0 Å². The van der Waals surface area contributed by atoms with Gasteiger partial charge in [-0.3, -0.25) is 4.79 Å². The lowest BCUT2D eigenvalue weighted by Gasteiger charge is -2.32. The van der Waals surface area contributed by atoms with Gasteiger partial charge in [-0.15, -0.1) is 0 Å². The number of nitrogens with one attached hydrogen (secondary N) is 1. The van der Waals surface area contributed by atoms with Crippen molar-refractivity contribution in [3.63, 3.8) is 0 Å². The second kappa shape index (κ2) is 12.7. The number of amides is 1. The molecule has 0 unspecified atom stereocenters. The highest BCUT2D eigenvalue weighted by Gasteiger charge is 2.36. The fourth-order valence-corrected chi connectivity index (χ4v) is 3.61. The summed E-state index contributed by atoms with van der Waals surface area (Å²) in [6.45, 7) is 11.2. The van der Waals surface area contributed by atoms with Gasteiger partial charge in [0.25, 0.3) is 5.91 Å². The van der Waals surface area contributed by atoms with Crippen LogP contribution >= 0.6 is 0 Å². The Labute approximate surface area is 196 Å². The molecule has 0 aliphatic carbocycles. The minimum Gasteiger partial charge on any atom is -0.503 e. The molecule has 1 amide bonds. The number of aromatic hydroxyl groups is 1. The first kappa shape index (κ1) is 26.9. The van der Waals surface area contributed by atoms with Crippen LogP contribution in [0.15, 0.2) is 12.3 Å². The molecule has 1 aliphatic heterocycles. The van der Waals surface area contributed by atoms with Crippen molar-refractivity contribution in [2.75, 3.05) is 20.3 Å². The Kier molecular flexibility index (Phi) is 10.4. The molecule has 4 atom stereocenters. The summed E-state index contributed by atoms with van der Waals surface area (Å²) in [6.07, 6.45) is 1.79. The van der Waals surface area contributed by atoms with Crippen molar-refractivity contribution in [3.8, 4) is 11.5 Å². The summed E-state index contributed by atoms with van der Waals surface area (Å²) in [7, 11) is 1.38. The Balaban J connectivity index is 2.17. The summed E-state index contributed by atoms with van der Waals surface area (Å²) in [4.78, 5) is 29.6.